The molecule has 0 aromatic carbocycles. The maximum Gasteiger partial charge on any atom is 0.306 e. The minimum atomic E-state index is -4.70. The Kier molecular flexibility index (Phi) is 54.8. The van der Waals surface area contributed by atoms with Gasteiger partial charge < -0.3 is 28.5 Å². The fraction of sp³-hybridized carbons (Fsp3) is 0.791. The van der Waals surface area contributed by atoms with E-state index >= 15 is 0 Å². The number of allylic oxidation sites excluding steroid dienone is 11. The summed E-state index contributed by atoms with van der Waals surface area (Å²) in [6.45, 7) is 6.80. The standard InChI is InChI=1S/C67H123N2O7P/c1-7-10-13-16-19-22-25-27-28-29-30-31-32-33-34-35-36-37-38-39-40-42-44-47-50-53-56-59-66(70)68-64(63-75-77(72,73)74-62-61-69(4,5)6)65(58-55-52-49-46-43-24-21-18-15-12-9-3)76-67(71)60-57-54-51-48-45-41-26-23-20-17-14-11-8-2/h19,22,27-28,30-31,33-34,41,45,55,58,64-65H,7-18,20-21,23-26,29,32,35-40,42-44,46-54,56-57,59-63H2,1-6H3,(H-,68,70,72,73)/b22-19-,28-27-,31-30-,34-33-,45-41-,58-55-. The Labute approximate surface area is 476 Å². The third kappa shape index (κ3) is 57.9. The van der Waals surface area contributed by atoms with E-state index < -0.39 is 26.6 Å². The van der Waals surface area contributed by atoms with Crippen LogP contribution in [-0.2, 0) is 27.9 Å². The number of ether oxygens (including phenoxy) is 1. The van der Waals surface area contributed by atoms with E-state index in [9.17, 15) is 19.0 Å². The van der Waals surface area contributed by atoms with Crippen molar-refractivity contribution in [1.82, 2.24) is 5.32 Å². The third-order valence-electron chi connectivity index (χ3n) is 14.1. The summed E-state index contributed by atoms with van der Waals surface area (Å²) in [6, 6.07) is -0.897. The van der Waals surface area contributed by atoms with E-state index in [0.29, 0.717) is 23.9 Å². The number of unbranched alkanes of at least 4 members (excludes halogenated alkanes) is 32. The highest BCUT2D eigenvalue weighted by Crippen LogP contribution is 2.38. The summed E-state index contributed by atoms with van der Waals surface area (Å²) in [5, 5.41) is 3.02. The minimum Gasteiger partial charge on any atom is -0.756 e. The van der Waals surface area contributed by atoms with E-state index in [4.69, 9.17) is 13.8 Å². The third-order valence-corrected chi connectivity index (χ3v) is 15.1. The van der Waals surface area contributed by atoms with Crippen molar-refractivity contribution in [2.75, 3.05) is 40.9 Å². The van der Waals surface area contributed by atoms with Crippen LogP contribution >= 0.6 is 7.82 Å². The lowest BCUT2D eigenvalue weighted by Gasteiger charge is -2.30. The van der Waals surface area contributed by atoms with Gasteiger partial charge in [-0.25, -0.2) is 0 Å². The summed E-state index contributed by atoms with van der Waals surface area (Å²) in [5.41, 5.74) is 0. The molecular formula is C67H123N2O7P. The van der Waals surface area contributed by atoms with Crippen molar-refractivity contribution in [1.29, 1.82) is 0 Å². The first-order valence-corrected chi connectivity index (χ1v) is 33.7. The van der Waals surface area contributed by atoms with Crippen molar-refractivity contribution >= 4 is 19.7 Å². The molecule has 0 rings (SSSR count). The maximum absolute atomic E-state index is 13.5. The molecule has 0 spiro atoms. The van der Waals surface area contributed by atoms with E-state index in [2.05, 4.69) is 86.8 Å². The van der Waals surface area contributed by atoms with Gasteiger partial charge in [0, 0.05) is 12.8 Å². The van der Waals surface area contributed by atoms with Gasteiger partial charge in [0.2, 0.25) is 5.91 Å². The number of phosphoric ester groups is 1. The van der Waals surface area contributed by atoms with Crippen LogP contribution in [0.25, 0.3) is 0 Å². The number of nitrogens with zero attached hydrogens (tertiary/aromatic N) is 1. The highest BCUT2D eigenvalue weighted by molar-refractivity contribution is 7.45. The van der Waals surface area contributed by atoms with Crippen LogP contribution in [-0.4, -0.2) is 69.4 Å². The molecule has 3 atom stereocenters. The van der Waals surface area contributed by atoms with Crippen LogP contribution in [0.15, 0.2) is 72.9 Å². The highest BCUT2D eigenvalue weighted by atomic mass is 31.2. The molecule has 10 heteroatoms. The van der Waals surface area contributed by atoms with Gasteiger partial charge in [-0.05, 0) is 102 Å². The molecule has 0 aromatic heterocycles. The van der Waals surface area contributed by atoms with Gasteiger partial charge in [-0.1, -0.05) is 248 Å². The Morgan fingerprint density at radius 3 is 1.23 bits per heavy atom. The van der Waals surface area contributed by atoms with E-state index in [1.807, 2.05) is 33.3 Å². The fourth-order valence-corrected chi connectivity index (χ4v) is 9.81. The summed E-state index contributed by atoms with van der Waals surface area (Å²) in [4.78, 5) is 39.9. The molecule has 0 fully saturated rings. The van der Waals surface area contributed by atoms with Crippen molar-refractivity contribution in [2.24, 2.45) is 0 Å². The largest absolute Gasteiger partial charge is 0.756 e. The number of amides is 1. The second-order valence-corrected chi connectivity index (χ2v) is 24.3. The SMILES string of the molecule is CCCCC/C=C\C/C=C\C/C=C\C/C=C\CCCCCCCCCCCCCC(=O)NC(COP(=O)([O-])OCC[N+](C)(C)C)C(/C=C\CCCCCCCCCCC)OC(=O)CCCCC/C=C\CCCCCCCC. The number of nitrogens with one attached hydrogen (secondary N) is 1. The summed E-state index contributed by atoms with van der Waals surface area (Å²) in [7, 11) is 1.17. The first-order valence-electron chi connectivity index (χ1n) is 32.2. The molecule has 9 nitrogen and oxygen atoms in total. The number of carbonyl (C=O) groups is 2. The van der Waals surface area contributed by atoms with Crippen molar-refractivity contribution in [2.45, 2.75) is 303 Å². The number of rotatable bonds is 58. The summed E-state index contributed by atoms with van der Waals surface area (Å²) in [6.07, 6.45) is 73.1. The van der Waals surface area contributed by atoms with Gasteiger partial charge in [0.1, 0.15) is 19.3 Å². The zero-order valence-electron chi connectivity index (χ0n) is 51.2. The van der Waals surface area contributed by atoms with E-state index in [1.54, 1.807) is 0 Å². The molecule has 0 aliphatic rings. The predicted octanol–water partition coefficient (Wildman–Crippen LogP) is 19.4. The van der Waals surface area contributed by atoms with Crippen molar-refractivity contribution in [3.05, 3.63) is 72.9 Å². The molecule has 77 heavy (non-hydrogen) atoms. The lowest BCUT2D eigenvalue weighted by Crippen LogP contribution is -2.47. The Bertz CT molecular complexity index is 1550. The van der Waals surface area contributed by atoms with E-state index in [1.165, 1.54) is 161 Å². The van der Waals surface area contributed by atoms with Crippen LogP contribution in [0.4, 0.5) is 0 Å². The molecule has 1 amide bonds. The van der Waals surface area contributed by atoms with Crippen molar-refractivity contribution < 1.29 is 37.3 Å². The van der Waals surface area contributed by atoms with Crippen LogP contribution in [0.1, 0.15) is 290 Å². The molecule has 0 heterocycles. The van der Waals surface area contributed by atoms with Crippen LogP contribution in [0.5, 0.6) is 0 Å². The van der Waals surface area contributed by atoms with Gasteiger partial charge >= 0.3 is 5.97 Å². The second kappa shape index (κ2) is 56.7. The van der Waals surface area contributed by atoms with E-state index in [0.717, 1.165) is 89.9 Å². The second-order valence-electron chi connectivity index (χ2n) is 22.9. The molecule has 0 bridgehead atoms. The molecular weight excluding hydrogens is 976 g/mol. The van der Waals surface area contributed by atoms with Crippen molar-refractivity contribution in [3.8, 4) is 0 Å². The topological polar surface area (TPSA) is 114 Å². The van der Waals surface area contributed by atoms with Crippen LogP contribution in [0.3, 0.4) is 0 Å². The minimum absolute atomic E-state index is 0.0267. The maximum atomic E-state index is 13.5. The van der Waals surface area contributed by atoms with Gasteiger partial charge in [-0.15, -0.1) is 0 Å². The average Bonchev–Trinajstić information content (AvgIpc) is 3.39. The van der Waals surface area contributed by atoms with Gasteiger partial charge in [-0.3, -0.25) is 14.2 Å². The Morgan fingerprint density at radius 1 is 0.455 bits per heavy atom. The quantitative estimate of drug-likeness (QED) is 0.0212. The fourth-order valence-electron chi connectivity index (χ4n) is 9.09. The number of hydrogen-bond acceptors (Lipinski definition) is 7. The molecule has 0 saturated carbocycles. The van der Waals surface area contributed by atoms with Gasteiger partial charge in [0.05, 0.1) is 33.8 Å². The van der Waals surface area contributed by atoms with Gasteiger partial charge in [0.25, 0.3) is 7.82 Å². The van der Waals surface area contributed by atoms with Crippen molar-refractivity contribution in [3.63, 3.8) is 0 Å². The first kappa shape index (κ1) is 74.5. The normalized spacial score (nSPS) is 14.1. The molecule has 448 valence electrons. The molecule has 0 aromatic rings. The number of hydrogen-bond donors (Lipinski definition) is 1. The summed E-state index contributed by atoms with van der Waals surface area (Å²) >= 11 is 0. The number of carbonyl (C=O) groups excluding carboxylic acids is 2. The predicted molar refractivity (Wildman–Crippen MR) is 330 cm³/mol. The Hall–Kier alpha value is -2.55. The molecule has 0 saturated heterocycles. The van der Waals surface area contributed by atoms with Crippen LogP contribution < -0.4 is 10.2 Å². The lowest BCUT2D eigenvalue weighted by atomic mass is 10.0. The molecule has 3 unspecified atom stereocenters. The molecule has 0 aliphatic heterocycles. The summed E-state index contributed by atoms with van der Waals surface area (Å²) in [5.74, 6) is -0.561. The number of quaternary nitrogens is 1. The molecule has 1 N–H and O–H groups in total. The number of likely N-dealkylation sites (N-methyl/N-ethyl adjacent to an activating group) is 1. The van der Waals surface area contributed by atoms with E-state index in [-0.39, 0.29) is 24.9 Å². The zero-order chi connectivity index (χ0) is 56.4. The first-order chi connectivity index (χ1) is 37.4. The zero-order valence-corrected chi connectivity index (χ0v) is 52.0. The summed E-state index contributed by atoms with van der Waals surface area (Å²) < 4.78 is 30.3. The van der Waals surface area contributed by atoms with Gasteiger partial charge in [-0.2, -0.15) is 0 Å². The van der Waals surface area contributed by atoms with Gasteiger partial charge in [0.15, 0.2) is 0 Å². The average molecular weight is 1100 g/mol. The van der Waals surface area contributed by atoms with Crippen LogP contribution in [0.2, 0.25) is 0 Å². The molecule has 0 aliphatic carbocycles. The number of esters is 1. The Morgan fingerprint density at radius 2 is 0.792 bits per heavy atom. The monoisotopic (exact) mass is 1100 g/mol. The molecule has 0 radical (unpaired) electrons. The number of phosphoric acid groups is 1. The lowest BCUT2D eigenvalue weighted by molar-refractivity contribution is -0.870. The Balaban J connectivity index is 5.05. The smallest absolute Gasteiger partial charge is 0.306 e. The highest BCUT2D eigenvalue weighted by Gasteiger charge is 2.27. The van der Waals surface area contributed by atoms with Crippen LogP contribution in [0, 0.1) is 0 Å².